The van der Waals surface area contributed by atoms with Crippen molar-refractivity contribution in [2.75, 3.05) is 20.1 Å². The molecule has 1 heterocycles. The van der Waals surface area contributed by atoms with Gasteiger partial charge in [0.25, 0.3) is 0 Å². The zero-order valence-electron chi connectivity index (χ0n) is 9.68. The third-order valence-electron chi connectivity index (χ3n) is 2.19. The first kappa shape index (κ1) is 12.6. The Balaban J connectivity index is 2.21. The number of aromatic nitrogens is 1. The van der Waals surface area contributed by atoms with Crippen LogP contribution in [0.15, 0.2) is 12.3 Å². The van der Waals surface area contributed by atoms with E-state index in [2.05, 4.69) is 36.1 Å². The van der Waals surface area contributed by atoms with E-state index in [0.717, 1.165) is 30.4 Å². The lowest BCUT2D eigenvalue weighted by atomic mass is 10.3. The van der Waals surface area contributed by atoms with Crippen LogP contribution in [0.3, 0.4) is 0 Å². The van der Waals surface area contributed by atoms with Crippen LogP contribution in [0.5, 0.6) is 0 Å². The minimum Gasteiger partial charge on any atom is -0.363 e. The van der Waals surface area contributed by atoms with E-state index in [1.165, 1.54) is 0 Å². The Labute approximate surface area is 96.8 Å². The molecule has 4 heteroatoms. The van der Waals surface area contributed by atoms with Crippen molar-refractivity contribution in [2.24, 2.45) is 0 Å². The quantitative estimate of drug-likeness (QED) is 0.783. The van der Waals surface area contributed by atoms with Crippen molar-refractivity contribution in [1.82, 2.24) is 15.2 Å². The Morgan fingerprint density at radius 1 is 1.53 bits per heavy atom. The predicted octanol–water partition coefficient (Wildman–Crippen LogP) is 2.10. The van der Waals surface area contributed by atoms with Crippen LogP contribution in [0.1, 0.15) is 19.5 Å². The van der Waals surface area contributed by atoms with Gasteiger partial charge < -0.3 is 10.3 Å². The second kappa shape index (κ2) is 6.16. The van der Waals surface area contributed by atoms with Crippen LogP contribution in [0, 0.1) is 0 Å². The summed E-state index contributed by atoms with van der Waals surface area (Å²) in [6, 6.07) is 2.52. The predicted molar refractivity (Wildman–Crippen MR) is 65.3 cm³/mol. The maximum Gasteiger partial charge on any atom is 0.0583 e. The van der Waals surface area contributed by atoms with Gasteiger partial charge in [-0.2, -0.15) is 0 Å². The minimum atomic E-state index is 0.554. The number of halogens is 1. The standard InChI is InChI=1S/C11H20ClN3/c1-9(2)13-4-5-15(3)8-11-6-10(12)7-14-11/h6-7,9,13-14H,4-5,8H2,1-3H3. The smallest absolute Gasteiger partial charge is 0.0583 e. The molecule has 0 fully saturated rings. The summed E-state index contributed by atoms with van der Waals surface area (Å²) in [5.74, 6) is 0. The van der Waals surface area contributed by atoms with Gasteiger partial charge in [-0.25, -0.2) is 0 Å². The lowest BCUT2D eigenvalue weighted by Crippen LogP contribution is -2.32. The Morgan fingerprint density at radius 2 is 2.27 bits per heavy atom. The SMILES string of the molecule is CC(C)NCCN(C)Cc1cc(Cl)c[nH]1. The monoisotopic (exact) mass is 229 g/mol. The van der Waals surface area contributed by atoms with E-state index in [1.54, 1.807) is 0 Å². The fraction of sp³-hybridized carbons (Fsp3) is 0.636. The molecule has 0 bridgehead atoms. The molecule has 1 aromatic rings. The van der Waals surface area contributed by atoms with E-state index in [4.69, 9.17) is 11.6 Å². The number of hydrogen-bond acceptors (Lipinski definition) is 2. The van der Waals surface area contributed by atoms with Crippen molar-refractivity contribution in [3.8, 4) is 0 Å². The van der Waals surface area contributed by atoms with Gasteiger partial charge in [0, 0.05) is 37.6 Å². The van der Waals surface area contributed by atoms with Crippen LogP contribution in [0.4, 0.5) is 0 Å². The van der Waals surface area contributed by atoms with Crippen LogP contribution in [0.2, 0.25) is 5.02 Å². The van der Waals surface area contributed by atoms with E-state index in [0.29, 0.717) is 6.04 Å². The van der Waals surface area contributed by atoms with E-state index < -0.39 is 0 Å². The topological polar surface area (TPSA) is 31.1 Å². The van der Waals surface area contributed by atoms with Gasteiger partial charge in [0.15, 0.2) is 0 Å². The number of nitrogens with one attached hydrogen (secondary N) is 2. The molecule has 0 radical (unpaired) electrons. The van der Waals surface area contributed by atoms with Gasteiger partial charge in [-0.1, -0.05) is 25.4 Å². The molecule has 0 aromatic carbocycles. The largest absolute Gasteiger partial charge is 0.363 e. The summed E-state index contributed by atoms with van der Waals surface area (Å²) in [4.78, 5) is 5.40. The first-order chi connectivity index (χ1) is 7.08. The van der Waals surface area contributed by atoms with Gasteiger partial charge >= 0.3 is 0 Å². The molecule has 1 rings (SSSR count). The van der Waals surface area contributed by atoms with Crippen molar-refractivity contribution < 1.29 is 0 Å². The van der Waals surface area contributed by atoms with Crippen LogP contribution in [-0.2, 0) is 6.54 Å². The molecule has 0 amide bonds. The fourth-order valence-electron chi connectivity index (χ4n) is 1.42. The second-order valence-electron chi connectivity index (χ2n) is 4.19. The van der Waals surface area contributed by atoms with Crippen LogP contribution in [0.25, 0.3) is 0 Å². The van der Waals surface area contributed by atoms with E-state index >= 15 is 0 Å². The van der Waals surface area contributed by atoms with Crippen LogP contribution in [-0.4, -0.2) is 36.1 Å². The highest BCUT2D eigenvalue weighted by Crippen LogP contribution is 2.10. The number of hydrogen-bond donors (Lipinski definition) is 2. The number of nitrogens with zero attached hydrogens (tertiary/aromatic N) is 1. The molecule has 0 aliphatic heterocycles. The zero-order chi connectivity index (χ0) is 11.3. The number of aromatic amines is 1. The number of rotatable bonds is 6. The van der Waals surface area contributed by atoms with Crippen LogP contribution < -0.4 is 5.32 Å². The molecular weight excluding hydrogens is 210 g/mol. The van der Waals surface area contributed by atoms with Gasteiger partial charge in [0.2, 0.25) is 0 Å². The average Bonchev–Trinajstić information content (AvgIpc) is 2.50. The first-order valence-electron chi connectivity index (χ1n) is 5.32. The van der Waals surface area contributed by atoms with Gasteiger partial charge in [0.05, 0.1) is 5.02 Å². The highest BCUT2D eigenvalue weighted by Gasteiger charge is 2.02. The van der Waals surface area contributed by atoms with Crippen molar-refractivity contribution in [3.63, 3.8) is 0 Å². The lowest BCUT2D eigenvalue weighted by Gasteiger charge is -2.17. The summed E-state index contributed by atoms with van der Waals surface area (Å²) in [5.41, 5.74) is 1.16. The second-order valence-corrected chi connectivity index (χ2v) is 4.63. The van der Waals surface area contributed by atoms with Crippen molar-refractivity contribution >= 4 is 11.6 Å². The van der Waals surface area contributed by atoms with E-state index in [9.17, 15) is 0 Å². The summed E-state index contributed by atoms with van der Waals surface area (Å²) >= 11 is 5.83. The van der Waals surface area contributed by atoms with Gasteiger partial charge in [0.1, 0.15) is 0 Å². The molecule has 0 spiro atoms. The Bertz CT molecular complexity index is 283. The molecule has 15 heavy (non-hydrogen) atoms. The normalized spacial score (nSPS) is 11.6. The molecule has 0 saturated carbocycles. The summed E-state index contributed by atoms with van der Waals surface area (Å²) in [6.45, 7) is 7.28. The van der Waals surface area contributed by atoms with Gasteiger partial charge in [-0.05, 0) is 13.1 Å². The summed E-state index contributed by atoms with van der Waals surface area (Å²) < 4.78 is 0. The number of H-pyrrole nitrogens is 1. The Morgan fingerprint density at radius 3 is 2.80 bits per heavy atom. The third-order valence-corrected chi connectivity index (χ3v) is 2.41. The van der Waals surface area contributed by atoms with E-state index in [-0.39, 0.29) is 0 Å². The highest BCUT2D eigenvalue weighted by atomic mass is 35.5. The van der Waals surface area contributed by atoms with Crippen LogP contribution >= 0.6 is 11.6 Å². The molecule has 2 N–H and O–H groups in total. The van der Waals surface area contributed by atoms with Crippen molar-refractivity contribution in [2.45, 2.75) is 26.4 Å². The molecule has 0 atom stereocenters. The van der Waals surface area contributed by atoms with Gasteiger partial charge in [-0.15, -0.1) is 0 Å². The molecule has 3 nitrogen and oxygen atoms in total. The van der Waals surface area contributed by atoms with Gasteiger partial charge in [-0.3, -0.25) is 4.90 Å². The molecule has 0 saturated heterocycles. The summed E-state index contributed by atoms with van der Waals surface area (Å²) in [7, 11) is 2.11. The fourth-order valence-corrected chi connectivity index (χ4v) is 1.60. The molecule has 1 aromatic heterocycles. The first-order valence-corrected chi connectivity index (χ1v) is 5.70. The summed E-state index contributed by atoms with van der Waals surface area (Å²) in [6.07, 6.45) is 1.82. The maximum absolute atomic E-state index is 5.83. The zero-order valence-corrected chi connectivity index (χ0v) is 10.4. The Kier molecular flexibility index (Phi) is 5.15. The molecule has 0 unspecified atom stereocenters. The van der Waals surface area contributed by atoms with Crippen molar-refractivity contribution in [3.05, 3.63) is 23.0 Å². The van der Waals surface area contributed by atoms with E-state index in [1.807, 2.05) is 12.3 Å². The summed E-state index contributed by atoms with van der Waals surface area (Å²) in [5, 5.41) is 4.17. The molecular formula is C11H20ClN3. The van der Waals surface area contributed by atoms with Crippen molar-refractivity contribution in [1.29, 1.82) is 0 Å². The third kappa shape index (κ3) is 5.21. The molecule has 0 aliphatic carbocycles. The Hall–Kier alpha value is -0.510. The lowest BCUT2D eigenvalue weighted by molar-refractivity contribution is 0.317. The minimum absolute atomic E-state index is 0.554. The highest BCUT2D eigenvalue weighted by molar-refractivity contribution is 6.30. The molecule has 0 aliphatic rings. The molecule has 86 valence electrons. The number of likely N-dealkylation sites (N-methyl/N-ethyl adjacent to an activating group) is 1. The maximum atomic E-state index is 5.83. The average molecular weight is 230 g/mol.